The Kier molecular flexibility index (Phi) is 2.82. The summed E-state index contributed by atoms with van der Waals surface area (Å²) in [5.74, 6) is 0. The number of hydrogen-bond donors (Lipinski definition) is 1. The second kappa shape index (κ2) is 4.35. The Morgan fingerprint density at radius 2 is 2.11 bits per heavy atom. The molecule has 1 fully saturated rings. The summed E-state index contributed by atoms with van der Waals surface area (Å²) in [6.45, 7) is 0.723. The average molecular weight is 244 g/mol. The summed E-state index contributed by atoms with van der Waals surface area (Å²) in [4.78, 5) is 8.55. The van der Waals surface area contributed by atoms with Crippen LogP contribution in [-0.4, -0.2) is 21.1 Å². The van der Waals surface area contributed by atoms with Crippen LogP contribution >= 0.6 is 0 Å². The summed E-state index contributed by atoms with van der Waals surface area (Å²) in [6, 6.07) is 0. The highest BCUT2D eigenvalue weighted by atomic mass is 15.0. The molecule has 18 heavy (non-hydrogen) atoms. The molecule has 1 aliphatic rings. The first kappa shape index (κ1) is 11.7. The summed E-state index contributed by atoms with van der Waals surface area (Å²) in [6.07, 6.45) is 12.0. The second-order valence-electron chi connectivity index (χ2n) is 5.46. The van der Waals surface area contributed by atoms with Crippen molar-refractivity contribution in [1.82, 2.24) is 14.5 Å². The largest absolute Gasteiger partial charge is 0.335 e. The van der Waals surface area contributed by atoms with Gasteiger partial charge in [0.25, 0.3) is 0 Å². The Morgan fingerprint density at radius 3 is 2.83 bits per heavy atom. The van der Waals surface area contributed by atoms with Crippen molar-refractivity contribution in [2.24, 2.45) is 12.8 Å². The first-order chi connectivity index (χ1) is 8.77. The SMILES string of the molecule is Cn1cc(C2(CN)CCCCC2)c2cncnc21. The average Bonchev–Trinajstić information content (AvgIpc) is 2.78. The fourth-order valence-electron chi connectivity index (χ4n) is 3.35. The highest BCUT2D eigenvalue weighted by molar-refractivity contribution is 5.80. The van der Waals surface area contributed by atoms with Crippen molar-refractivity contribution in [1.29, 1.82) is 0 Å². The van der Waals surface area contributed by atoms with Crippen molar-refractivity contribution < 1.29 is 0 Å². The van der Waals surface area contributed by atoms with Gasteiger partial charge in [0, 0.05) is 36.8 Å². The van der Waals surface area contributed by atoms with E-state index in [2.05, 4.69) is 20.7 Å². The van der Waals surface area contributed by atoms with Crippen molar-refractivity contribution in [3.8, 4) is 0 Å². The van der Waals surface area contributed by atoms with Gasteiger partial charge in [-0.2, -0.15) is 0 Å². The van der Waals surface area contributed by atoms with Crippen LogP contribution in [0.25, 0.3) is 11.0 Å². The van der Waals surface area contributed by atoms with Gasteiger partial charge in [-0.25, -0.2) is 9.97 Å². The summed E-state index contributed by atoms with van der Waals surface area (Å²) < 4.78 is 2.10. The van der Waals surface area contributed by atoms with E-state index in [9.17, 15) is 0 Å². The highest BCUT2D eigenvalue weighted by Crippen LogP contribution is 2.41. The lowest BCUT2D eigenvalue weighted by Crippen LogP contribution is -2.37. The van der Waals surface area contributed by atoms with Crippen molar-refractivity contribution in [2.45, 2.75) is 37.5 Å². The Bertz CT molecular complexity index is 552. The molecule has 3 rings (SSSR count). The monoisotopic (exact) mass is 244 g/mol. The van der Waals surface area contributed by atoms with E-state index >= 15 is 0 Å². The fourth-order valence-corrected chi connectivity index (χ4v) is 3.35. The van der Waals surface area contributed by atoms with Gasteiger partial charge in [0.05, 0.1) is 0 Å². The highest BCUT2D eigenvalue weighted by Gasteiger charge is 2.35. The molecule has 0 aromatic carbocycles. The zero-order valence-electron chi connectivity index (χ0n) is 10.9. The van der Waals surface area contributed by atoms with Gasteiger partial charge in [0.2, 0.25) is 0 Å². The maximum absolute atomic E-state index is 6.12. The molecule has 4 nitrogen and oxygen atoms in total. The lowest BCUT2D eigenvalue weighted by molar-refractivity contribution is 0.302. The van der Waals surface area contributed by atoms with Gasteiger partial charge >= 0.3 is 0 Å². The van der Waals surface area contributed by atoms with Gasteiger partial charge in [-0.1, -0.05) is 19.3 Å². The zero-order valence-corrected chi connectivity index (χ0v) is 10.9. The van der Waals surface area contributed by atoms with E-state index in [4.69, 9.17) is 5.73 Å². The fraction of sp³-hybridized carbons (Fsp3) is 0.571. The number of nitrogens with zero attached hydrogens (tertiary/aromatic N) is 3. The molecule has 0 atom stereocenters. The van der Waals surface area contributed by atoms with Crippen LogP contribution in [0, 0.1) is 0 Å². The molecule has 1 aliphatic carbocycles. The first-order valence-electron chi connectivity index (χ1n) is 6.72. The molecule has 4 heteroatoms. The Hall–Kier alpha value is -1.42. The van der Waals surface area contributed by atoms with Crippen molar-refractivity contribution in [3.63, 3.8) is 0 Å². The molecule has 2 heterocycles. The molecular weight excluding hydrogens is 224 g/mol. The van der Waals surface area contributed by atoms with Crippen LogP contribution in [0.2, 0.25) is 0 Å². The minimum absolute atomic E-state index is 0.141. The van der Waals surface area contributed by atoms with E-state index < -0.39 is 0 Å². The third kappa shape index (κ3) is 1.63. The van der Waals surface area contributed by atoms with E-state index in [1.165, 1.54) is 43.1 Å². The predicted octanol–water partition coefficient (Wildman–Crippen LogP) is 2.13. The molecule has 0 amide bonds. The molecule has 2 N–H and O–H groups in total. The van der Waals surface area contributed by atoms with Crippen LogP contribution < -0.4 is 5.73 Å². The van der Waals surface area contributed by atoms with Gasteiger partial charge in [0.1, 0.15) is 12.0 Å². The number of aromatic nitrogens is 3. The van der Waals surface area contributed by atoms with Gasteiger partial charge in [-0.15, -0.1) is 0 Å². The Morgan fingerprint density at radius 1 is 1.33 bits per heavy atom. The smallest absolute Gasteiger partial charge is 0.143 e. The van der Waals surface area contributed by atoms with Gasteiger partial charge in [-0.05, 0) is 18.4 Å². The molecule has 0 spiro atoms. The number of aryl methyl sites for hydroxylation is 1. The van der Waals surface area contributed by atoms with Crippen LogP contribution in [0.5, 0.6) is 0 Å². The maximum atomic E-state index is 6.12. The zero-order chi connectivity index (χ0) is 12.6. The third-order valence-electron chi connectivity index (χ3n) is 4.41. The molecule has 96 valence electrons. The summed E-state index contributed by atoms with van der Waals surface area (Å²) in [5.41, 5.74) is 8.62. The lowest BCUT2D eigenvalue weighted by Gasteiger charge is -2.36. The molecular formula is C14H20N4. The van der Waals surface area contributed by atoms with E-state index in [0.717, 1.165) is 12.2 Å². The number of hydrogen-bond acceptors (Lipinski definition) is 3. The van der Waals surface area contributed by atoms with Crippen molar-refractivity contribution >= 4 is 11.0 Å². The van der Waals surface area contributed by atoms with Crippen LogP contribution in [0.1, 0.15) is 37.7 Å². The van der Waals surface area contributed by atoms with E-state index in [1.807, 2.05) is 13.2 Å². The standard InChI is InChI=1S/C14H20N4/c1-18-8-12(11-7-16-10-17-13(11)18)14(9-15)5-3-2-4-6-14/h7-8,10H,2-6,9,15H2,1H3. The van der Waals surface area contributed by atoms with Crippen LogP contribution in [0.15, 0.2) is 18.7 Å². The minimum atomic E-state index is 0.141. The molecule has 0 bridgehead atoms. The summed E-state index contributed by atoms with van der Waals surface area (Å²) >= 11 is 0. The second-order valence-corrected chi connectivity index (χ2v) is 5.46. The molecule has 0 aliphatic heterocycles. The molecule has 0 saturated heterocycles. The van der Waals surface area contributed by atoms with E-state index in [-0.39, 0.29) is 5.41 Å². The first-order valence-corrected chi connectivity index (χ1v) is 6.72. The number of fused-ring (bicyclic) bond motifs is 1. The summed E-state index contributed by atoms with van der Waals surface area (Å²) in [5, 5.41) is 1.17. The predicted molar refractivity (Wildman–Crippen MR) is 72.3 cm³/mol. The van der Waals surface area contributed by atoms with Crippen molar-refractivity contribution in [2.75, 3.05) is 6.54 Å². The van der Waals surface area contributed by atoms with Crippen LogP contribution in [0.3, 0.4) is 0 Å². The minimum Gasteiger partial charge on any atom is -0.335 e. The molecule has 2 aromatic rings. The quantitative estimate of drug-likeness (QED) is 0.880. The van der Waals surface area contributed by atoms with Gasteiger partial charge < -0.3 is 10.3 Å². The van der Waals surface area contributed by atoms with Crippen LogP contribution in [-0.2, 0) is 12.5 Å². The Labute approximate surface area is 107 Å². The number of nitrogens with two attached hydrogens (primary N) is 1. The van der Waals surface area contributed by atoms with E-state index in [1.54, 1.807) is 6.33 Å². The topological polar surface area (TPSA) is 56.7 Å². The van der Waals surface area contributed by atoms with Crippen molar-refractivity contribution in [3.05, 3.63) is 24.3 Å². The molecule has 2 aromatic heterocycles. The van der Waals surface area contributed by atoms with E-state index in [0.29, 0.717) is 0 Å². The Balaban J connectivity index is 2.18. The molecule has 0 unspecified atom stereocenters. The molecule has 0 radical (unpaired) electrons. The van der Waals surface area contributed by atoms with Gasteiger partial charge in [0.15, 0.2) is 0 Å². The third-order valence-corrected chi connectivity index (χ3v) is 4.41. The summed E-state index contributed by atoms with van der Waals surface area (Å²) in [7, 11) is 2.05. The normalized spacial score (nSPS) is 19.2. The maximum Gasteiger partial charge on any atom is 0.143 e. The van der Waals surface area contributed by atoms with Gasteiger partial charge in [-0.3, -0.25) is 0 Å². The number of rotatable bonds is 2. The molecule has 1 saturated carbocycles. The lowest BCUT2D eigenvalue weighted by atomic mass is 9.69. The van der Waals surface area contributed by atoms with Crippen LogP contribution in [0.4, 0.5) is 0 Å².